The largest absolute Gasteiger partial charge is 0.508 e. The lowest BCUT2D eigenvalue weighted by Gasteiger charge is -2.30. The molecule has 1 aromatic rings. The maximum atomic E-state index is 11.7. The number of rotatable bonds is 3. The summed E-state index contributed by atoms with van der Waals surface area (Å²) in [5, 5.41) is 9.57. The molecule has 1 saturated carbocycles. The Kier molecular flexibility index (Phi) is 3.70. The minimum atomic E-state index is -0.291. The van der Waals surface area contributed by atoms with Gasteiger partial charge in [-0.25, -0.2) is 4.79 Å². The van der Waals surface area contributed by atoms with Crippen molar-refractivity contribution in [2.45, 2.75) is 26.2 Å². The SMILES string of the molecule is COC(=O)C(C)=C(c1cccc(O)c1)C1CCC1. The predicted octanol–water partition coefficient (Wildman–Crippen LogP) is 3.14. The third kappa shape index (κ3) is 2.40. The third-order valence-electron chi connectivity index (χ3n) is 3.57. The highest BCUT2D eigenvalue weighted by Gasteiger charge is 2.27. The van der Waals surface area contributed by atoms with Crippen molar-refractivity contribution in [3.63, 3.8) is 0 Å². The van der Waals surface area contributed by atoms with Crippen molar-refractivity contribution >= 4 is 11.5 Å². The van der Waals surface area contributed by atoms with Crippen LogP contribution in [0.15, 0.2) is 29.8 Å². The fourth-order valence-electron chi connectivity index (χ4n) is 2.39. The molecular weight excluding hydrogens is 228 g/mol. The molecule has 1 fully saturated rings. The number of benzene rings is 1. The van der Waals surface area contributed by atoms with Gasteiger partial charge in [-0.3, -0.25) is 0 Å². The summed E-state index contributed by atoms with van der Waals surface area (Å²) in [5.74, 6) is 0.341. The Morgan fingerprint density at radius 1 is 1.39 bits per heavy atom. The molecule has 1 aliphatic rings. The molecule has 0 saturated heterocycles. The van der Waals surface area contributed by atoms with Crippen molar-refractivity contribution in [3.8, 4) is 5.75 Å². The summed E-state index contributed by atoms with van der Waals surface area (Å²) in [4.78, 5) is 11.7. The number of methoxy groups -OCH3 is 1. The van der Waals surface area contributed by atoms with E-state index in [9.17, 15) is 9.90 Å². The zero-order chi connectivity index (χ0) is 13.1. The minimum absolute atomic E-state index is 0.224. The lowest BCUT2D eigenvalue weighted by Crippen LogP contribution is -2.17. The number of phenolic OH excluding ortho intramolecular Hbond substituents is 1. The van der Waals surface area contributed by atoms with Gasteiger partial charge in [0.2, 0.25) is 0 Å². The smallest absolute Gasteiger partial charge is 0.333 e. The van der Waals surface area contributed by atoms with Crippen LogP contribution in [0, 0.1) is 5.92 Å². The van der Waals surface area contributed by atoms with Gasteiger partial charge in [0, 0.05) is 5.57 Å². The van der Waals surface area contributed by atoms with E-state index >= 15 is 0 Å². The first kappa shape index (κ1) is 12.7. The molecule has 0 amide bonds. The second-order valence-corrected chi connectivity index (χ2v) is 4.71. The monoisotopic (exact) mass is 246 g/mol. The van der Waals surface area contributed by atoms with Gasteiger partial charge in [0.05, 0.1) is 7.11 Å². The number of carbonyl (C=O) groups excluding carboxylic acids is 1. The number of aromatic hydroxyl groups is 1. The molecule has 0 heterocycles. The molecule has 0 aliphatic heterocycles. The molecule has 1 N–H and O–H groups in total. The Labute approximate surface area is 107 Å². The van der Waals surface area contributed by atoms with Crippen LogP contribution in [0.2, 0.25) is 0 Å². The van der Waals surface area contributed by atoms with Crippen LogP contribution in [0.5, 0.6) is 5.75 Å². The van der Waals surface area contributed by atoms with E-state index in [-0.39, 0.29) is 11.7 Å². The highest BCUT2D eigenvalue weighted by atomic mass is 16.5. The van der Waals surface area contributed by atoms with Gasteiger partial charge in [0.15, 0.2) is 0 Å². The van der Waals surface area contributed by atoms with E-state index in [4.69, 9.17) is 4.74 Å². The highest BCUT2D eigenvalue weighted by Crippen LogP contribution is 2.41. The third-order valence-corrected chi connectivity index (χ3v) is 3.57. The molecule has 0 spiro atoms. The second kappa shape index (κ2) is 5.25. The average molecular weight is 246 g/mol. The van der Waals surface area contributed by atoms with E-state index in [1.807, 2.05) is 6.07 Å². The molecule has 0 unspecified atom stereocenters. The Morgan fingerprint density at radius 2 is 2.11 bits per heavy atom. The number of hydrogen-bond acceptors (Lipinski definition) is 3. The van der Waals surface area contributed by atoms with Crippen molar-refractivity contribution in [3.05, 3.63) is 35.4 Å². The van der Waals surface area contributed by atoms with Crippen molar-refractivity contribution in [1.29, 1.82) is 0 Å². The Balaban J connectivity index is 2.45. The summed E-state index contributed by atoms with van der Waals surface area (Å²) >= 11 is 0. The average Bonchev–Trinajstić information content (AvgIpc) is 2.31. The van der Waals surface area contributed by atoms with Crippen molar-refractivity contribution in [1.82, 2.24) is 0 Å². The van der Waals surface area contributed by atoms with Crippen molar-refractivity contribution in [2.75, 3.05) is 7.11 Å². The summed E-state index contributed by atoms with van der Waals surface area (Å²) < 4.78 is 4.80. The normalized spacial score (nSPS) is 16.8. The molecule has 1 aromatic carbocycles. The Bertz CT molecular complexity index is 484. The van der Waals surface area contributed by atoms with Crippen LogP contribution in [0.25, 0.3) is 5.57 Å². The maximum Gasteiger partial charge on any atom is 0.333 e. The molecule has 2 rings (SSSR count). The number of esters is 1. The zero-order valence-corrected chi connectivity index (χ0v) is 10.8. The number of hydrogen-bond donors (Lipinski definition) is 1. The number of phenols is 1. The molecular formula is C15H18O3. The maximum absolute atomic E-state index is 11.7. The highest BCUT2D eigenvalue weighted by molar-refractivity contribution is 5.97. The van der Waals surface area contributed by atoms with Gasteiger partial charge in [-0.05, 0) is 49.0 Å². The lowest BCUT2D eigenvalue weighted by atomic mass is 9.75. The van der Waals surface area contributed by atoms with Crippen molar-refractivity contribution < 1.29 is 14.6 Å². The van der Waals surface area contributed by atoms with Crippen LogP contribution >= 0.6 is 0 Å². The second-order valence-electron chi connectivity index (χ2n) is 4.71. The van der Waals surface area contributed by atoms with Gasteiger partial charge in [0.25, 0.3) is 0 Å². The Hall–Kier alpha value is -1.77. The van der Waals surface area contributed by atoms with Crippen LogP contribution in [0.4, 0.5) is 0 Å². The fourth-order valence-corrected chi connectivity index (χ4v) is 2.39. The summed E-state index contributed by atoms with van der Waals surface area (Å²) in [7, 11) is 1.40. The molecule has 18 heavy (non-hydrogen) atoms. The van der Waals surface area contributed by atoms with Crippen molar-refractivity contribution in [2.24, 2.45) is 5.92 Å². The molecule has 3 nitrogen and oxygen atoms in total. The topological polar surface area (TPSA) is 46.5 Å². The van der Waals surface area contributed by atoms with E-state index in [0.29, 0.717) is 11.5 Å². The molecule has 0 bridgehead atoms. The van der Waals surface area contributed by atoms with Crippen LogP contribution < -0.4 is 0 Å². The first-order chi connectivity index (χ1) is 8.63. The van der Waals surface area contributed by atoms with Crippen LogP contribution in [0.3, 0.4) is 0 Å². The number of allylic oxidation sites excluding steroid dienone is 1. The molecule has 3 heteroatoms. The van der Waals surface area contributed by atoms with Crippen LogP contribution in [-0.2, 0) is 9.53 Å². The van der Waals surface area contributed by atoms with Gasteiger partial charge in [-0.2, -0.15) is 0 Å². The van der Waals surface area contributed by atoms with Gasteiger partial charge in [-0.1, -0.05) is 18.6 Å². The van der Waals surface area contributed by atoms with E-state index < -0.39 is 0 Å². The van der Waals surface area contributed by atoms with E-state index in [0.717, 1.165) is 24.0 Å². The summed E-state index contributed by atoms with van der Waals surface area (Å²) in [6.45, 7) is 1.80. The van der Waals surface area contributed by atoms with E-state index in [2.05, 4.69) is 0 Å². The van der Waals surface area contributed by atoms with Gasteiger partial charge in [-0.15, -0.1) is 0 Å². The fraction of sp³-hybridized carbons (Fsp3) is 0.400. The van der Waals surface area contributed by atoms with Crippen LogP contribution in [0.1, 0.15) is 31.7 Å². The summed E-state index contributed by atoms with van der Waals surface area (Å²) in [5.41, 5.74) is 2.58. The summed E-state index contributed by atoms with van der Waals surface area (Å²) in [6.07, 6.45) is 3.39. The van der Waals surface area contributed by atoms with E-state index in [1.54, 1.807) is 25.1 Å². The van der Waals surface area contributed by atoms with Gasteiger partial charge >= 0.3 is 5.97 Å². The molecule has 0 aromatic heterocycles. The molecule has 96 valence electrons. The Morgan fingerprint density at radius 3 is 2.61 bits per heavy atom. The number of ether oxygens (including phenoxy) is 1. The first-order valence-corrected chi connectivity index (χ1v) is 6.22. The standard InChI is InChI=1S/C15H18O3/c1-10(15(17)18-2)14(11-5-3-6-11)12-7-4-8-13(16)9-12/h4,7-9,11,16H,3,5-6H2,1-2H3. The lowest BCUT2D eigenvalue weighted by molar-refractivity contribution is -0.136. The minimum Gasteiger partial charge on any atom is -0.508 e. The first-order valence-electron chi connectivity index (χ1n) is 6.22. The van der Waals surface area contributed by atoms with Crippen LogP contribution in [-0.4, -0.2) is 18.2 Å². The van der Waals surface area contributed by atoms with E-state index in [1.165, 1.54) is 13.5 Å². The number of carbonyl (C=O) groups is 1. The quantitative estimate of drug-likeness (QED) is 0.658. The zero-order valence-electron chi connectivity index (χ0n) is 10.8. The predicted molar refractivity (Wildman–Crippen MR) is 70.1 cm³/mol. The molecule has 1 aliphatic carbocycles. The molecule has 0 radical (unpaired) electrons. The molecule has 0 atom stereocenters. The van der Waals surface area contributed by atoms with Gasteiger partial charge < -0.3 is 9.84 Å². The van der Waals surface area contributed by atoms with Gasteiger partial charge in [0.1, 0.15) is 5.75 Å². The summed E-state index contributed by atoms with van der Waals surface area (Å²) in [6, 6.07) is 7.07.